The first kappa shape index (κ1) is 21.4. The second kappa shape index (κ2) is 8.98. The zero-order valence-electron chi connectivity index (χ0n) is 16.4. The molecule has 0 aliphatic rings. The summed E-state index contributed by atoms with van der Waals surface area (Å²) in [4.78, 5) is 14.5. The molecule has 2 aromatic carbocycles. The minimum Gasteiger partial charge on any atom is -0.353 e. The smallest absolute Gasteiger partial charge is 0.239 e. The summed E-state index contributed by atoms with van der Waals surface area (Å²) >= 11 is 5.89. The summed E-state index contributed by atoms with van der Waals surface area (Å²) in [5, 5.41) is 4.03. The molecule has 0 aliphatic carbocycles. The number of fused-ring (bicyclic) bond motifs is 1. The Labute approximate surface area is 176 Å². The third-order valence-electron chi connectivity index (χ3n) is 4.55. The molecule has 0 saturated carbocycles. The summed E-state index contributed by atoms with van der Waals surface area (Å²) in [5.74, 6) is -0.290. The maximum absolute atomic E-state index is 13.1. The molecular formula is C21H24ClN3O3S. The maximum Gasteiger partial charge on any atom is 0.239 e. The molecule has 3 aromatic rings. The predicted octanol–water partition coefficient (Wildman–Crippen LogP) is 2.95. The van der Waals surface area contributed by atoms with Gasteiger partial charge in [-0.05, 0) is 37.9 Å². The molecule has 1 aromatic heterocycles. The van der Waals surface area contributed by atoms with Crippen molar-refractivity contribution in [3.8, 4) is 0 Å². The highest BCUT2D eigenvalue weighted by atomic mass is 35.5. The van der Waals surface area contributed by atoms with E-state index in [1.807, 2.05) is 31.1 Å². The Kier molecular flexibility index (Phi) is 6.62. The first-order valence-electron chi connectivity index (χ1n) is 9.23. The number of aromatic nitrogens is 1. The van der Waals surface area contributed by atoms with Crippen molar-refractivity contribution in [2.75, 3.05) is 27.2 Å². The fourth-order valence-corrected chi connectivity index (χ4v) is 4.81. The number of hydrogen-bond donors (Lipinski definition) is 1. The highest BCUT2D eigenvalue weighted by molar-refractivity contribution is 7.90. The van der Waals surface area contributed by atoms with Gasteiger partial charge in [0.2, 0.25) is 5.91 Å². The third-order valence-corrected chi connectivity index (χ3v) is 6.51. The number of nitrogens with zero attached hydrogens (tertiary/aromatic N) is 2. The molecule has 8 heteroatoms. The van der Waals surface area contributed by atoms with Crippen LogP contribution in [-0.4, -0.2) is 51.0 Å². The van der Waals surface area contributed by atoms with E-state index in [0.717, 1.165) is 6.54 Å². The van der Waals surface area contributed by atoms with Crippen LogP contribution in [-0.2, 0) is 26.9 Å². The van der Waals surface area contributed by atoms with Crippen LogP contribution in [0.3, 0.4) is 0 Å². The molecule has 6 nitrogen and oxygen atoms in total. The van der Waals surface area contributed by atoms with Crippen LogP contribution < -0.4 is 5.32 Å². The molecule has 0 aliphatic heterocycles. The molecule has 1 N–H and O–H groups in total. The van der Waals surface area contributed by atoms with Gasteiger partial charge in [-0.3, -0.25) is 4.79 Å². The van der Waals surface area contributed by atoms with Gasteiger partial charge in [0.05, 0.1) is 10.6 Å². The SMILES string of the molecule is CN(C)CCNC(=O)Cn1cc(S(=O)(=O)Cc2ccc(Cl)cc2)c2ccccc21. The first-order valence-corrected chi connectivity index (χ1v) is 11.3. The molecule has 1 heterocycles. The Morgan fingerprint density at radius 2 is 1.79 bits per heavy atom. The zero-order valence-corrected chi connectivity index (χ0v) is 18.0. The molecular weight excluding hydrogens is 410 g/mol. The second-order valence-electron chi connectivity index (χ2n) is 7.18. The van der Waals surface area contributed by atoms with E-state index in [0.29, 0.717) is 28.0 Å². The third kappa shape index (κ3) is 5.38. The summed E-state index contributed by atoms with van der Waals surface area (Å²) in [5.41, 5.74) is 1.37. The molecule has 0 unspecified atom stereocenters. The zero-order chi connectivity index (χ0) is 21.0. The van der Waals surface area contributed by atoms with Gasteiger partial charge >= 0.3 is 0 Å². The van der Waals surface area contributed by atoms with Gasteiger partial charge in [0.25, 0.3) is 0 Å². The Morgan fingerprint density at radius 3 is 2.48 bits per heavy atom. The Hall–Kier alpha value is -2.35. The summed E-state index contributed by atoms with van der Waals surface area (Å²) in [6, 6.07) is 14.0. The minimum absolute atomic E-state index is 0.0599. The van der Waals surface area contributed by atoms with E-state index in [2.05, 4.69) is 5.32 Å². The quantitative estimate of drug-likeness (QED) is 0.592. The summed E-state index contributed by atoms with van der Waals surface area (Å²) < 4.78 is 27.9. The number of halogens is 1. The van der Waals surface area contributed by atoms with Gasteiger partial charge in [-0.2, -0.15) is 0 Å². The number of carbonyl (C=O) groups excluding carboxylic acids is 1. The molecule has 0 fully saturated rings. The fourth-order valence-electron chi connectivity index (χ4n) is 3.10. The fraction of sp³-hybridized carbons (Fsp3) is 0.286. The molecule has 29 heavy (non-hydrogen) atoms. The van der Waals surface area contributed by atoms with Crippen molar-refractivity contribution in [1.29, 1.82) is 0 Å². The number of nitrogens with one attached hydrogen (secondary N) is 1. The van der Waals surface area contributed by atoms with Gasteiger partial charge < -0.3 is 14.8 Å². The van der Waals surface area contributed by atoms with Crippen LogP contribution in [0.5, 0.6) is 0 Å². The maximum atomic E-state index is 13.1. The van der Waals surface area contributed by atoms with Crippen LogP contribution in [0.15, 0.2) is 59.6 Å². The normalized spacial score (nSPS) is 11.9. The number of rotatable bonds is 8. The Balaban J connectivity index is 1.87. The molecule has 3 rings (SSSR count). The van der Waals surface area contributed by atoms with Crippen molar-refractivity contribution in [3.63, 3.8) is 0 Å². The molecule has 1 amide bonds. The highest BCUT2D eigenvalue weighted by Gasteiger charge is 2.22. The van der Waals surface area contributed by atoms with Crippen molar-refractivity contribution in [1.82, 2.24) is 14.8 Å². The van der Waals surface area contributed by atoms with E-state index in [1.54, 1.807) is 47.2 Å². The van der Waals surface area contributed by atoms with Crippen LogP contribution in [0.2, 0.25) is 5.02 Å². The van der Waals surface area contributed by atoms with Crippen LogP contribution in [0, 0.1) is 0 Å². The number of benzene rings is 2. The van der Waals surface area contributed by atoms with Crippen molar-refractivity contribution < 1.29 is 13.2 Å². The average Bonchev–Trinajstić information content (AvgIpc) is 3.03. The van der Waals surface area contributed by atoms with Crippen LogP contribution in [0.1, 0.15) is 5.56 Å². The monoisotopic (exact) mass is 433 g/mol. The van der Waals surface area contributed by atoms with Gasteiger partial charge in [-0.25, -0.2) is 8.42 Å². The number of carbonyl (C=O) groups is 1. The number of amides is 1. The minimum atomic E-state index is -3.60. The van der Waals surface area contributed by atoms with E-state index in [9.17, 15) is 13.2 Å². The molecule has 0 radical (unpaired) electrons. The molecule has 154 valence electrons. The van der Waals surface area contributed by atoms with Crippen molar-refractivity contribution >= 4 is 38.2 Å². The van der Waals surface area contributed by atoms with E-state index >= 15 is 0 Å². The summed E-state index contributed by atoms with van der Waals surface area (Å²) in [6.07, 6.45) is 1.56. The number of sulfone groups is 1. The lowest BCUT2D eigenvalue weighted by Crippen LogP contribution is -2.33. The highest BCUT2D eigenvalue weighted by Crippen LogP contribution is 2.28. The Bertz CT molecular complexity index is 1110. The largest absolute Gasteiger partial charge is 0.353 e. The molecule has 0 saturated heterocycles. The van der Waals surface area contributed by atoms with Gasteiger partial charge in [0.1, 0.15) is 6.54 Å². The number of hydrogen-bond acceptors (Lipinski definition) is 4. The van der Waals surface area contributed by atoms with E-state index in [1.165, 1.54) is 0 Å². The van der Waals surface area contributed by atoms with Gasteiger partial charge in [0.15, 0.2) is 9.84 Å². The van der Waals surface area contributed by atoms with Gasteiger partial charge in [0, 0.05) is 35.2 Å². The van der Waals surface area contributed by atoms with E-state index in [4.69, 9.17) is 11.6 Å². The van der Waals surface area contributed by atoms with E-state index in [-0.39, 0.29) is 23.1 Å². The van der Waals surface area contributed by atoms with Crippen molar-refractivity contribution in [3.05, 3.63) is 65.3 Å². The van der Waals surface area contributed by atoms with Gasteiger partial charge in [-0.1, -0.05) is 41.9 Å². The predicted molar refractivity (Wildman–Crippen MR) is 116 cm³/mol. The lowest BCUT2D eigenvalue weighted by molar-refractivity contribution is -0.121. The first-order chi connectivity index (χ1) is 13.8. The Morgan fingerprint density at radius 1 is 1.10 bits per heavy atom. The summed E-state index contributed by atoms with van der Waals surface area (Å²) in [6.45, 7) is 1.33. The lowest BCUT2D eigenvalue weighted by atomic mass is 10.2. The van der Waals surface area contributed by atoms with Crippen molar-refractivity contribution in [2.24, 2.45) is 0 Å². The second-order valence-corrected chi connectivity index (χ2v) is 9.57. The van der Waals surface area contributed by atoms with Crippen LogP contribution in [0.25, 0.3) is 10.9 Å². The van der Waals surface area contributed by atoms with Crippen molar-refractivity contribution in [2.45, 2.75) is 17.2 Å². The number of para-hydroxylation sites is 1. The molecule has 0 spiro atoms. The van der Waals surface area contributed by atoms with E-state index < -0.39 is 9.84 Å². The topological polar surface area (TPSA) is 71.4 Å². The summed E-state index contributed by atoms with van der Waals surface area (Å²) in [7, 11) is 0.270. The van der Waals surface area contributed by atoms with Crippen LogP contribution in [0.4, 0.5) is 0 Å². The standard InChI is InChI=1S/C21H24ClN3O3S/c1-24(2)12-11-23-21(26)14-25-13-20(18-5-3-4-6-19(18)25)29(27,28)15-16-7-9-17(22)10-8-16/h3-10,13H,11-12,14-15H2,1-2H3,(H,23,26). The van der Waals surface area contributed by atoms with Crippen LogP contribution >= 0.6 is 11.6 Å². The molecule has 0 atom stereocenters. The lowest BCUT2D eigenvalue weighted by Gasteiger charge is -2.11. The van der Waals surface area contributed by atoms with Gasteiger partial charge in [-0.15, -0.1) is 0 Å². The molecule has 0 bridgehead atoms. The number of likely N-dealkylation sites (N-methyl/N-ethyl adjacent to an activating group) is 1. The average molecular weight is 434 g/mol.